The lowest BCUT2D eigenvalue weighted by molar-refractivity contribution is -0.116. The zero-order valence-corrected chi connectivity index (χ0v) is 14.4. The Balaban J connectivity index is 1.99. The highest BCUT2D eigenvalue weighted by Crippen LogP contribution is 2.24. The largest absolute Gasteiger partial charge is 0.496 e. The summed E-state index contributed by atoms with van der Waals surface area (Å²) in [5.74, 6) is 0.657. The SMILES string of the molecule is COc1ccccc1/C(C)=C/C(=O)NCc1ccc(SC)cc1. The molecule has 23 heavy (non-hydrogen) atoms. The molecule has 0 heterocycles. The molecule has 2 aromatic rings. The van der Waals surface area contributed by atoms with Crippen molar-refractivity contribution >= 4 is 23.2 Å². The molecule has 4 heteroatoms. The standard InChI is InChI=1S/C19H21NO2S/c1-14(17-6-4-5-7-18(17)22-2)12-19(21)20-13-15-8-10-16(23-3)11-9-15/h4-12H,13H2,1-3H3,(H,20,21)/b14-12+. The predicted octanol–water partition coefficient (Wildman–Crippen LogP) is 4.14. The molecule has 0 saturated carbocycles. The molecule has 1 N–H and O–H groups in total. The molecule has 0 spiro atoms. The summed E-state index contributed by atoms with van der Waals surface area (Å²) < 4.78 is 5.32. The van der Waals surface area contributed by atoms with E-state index in [1.54, 1.807) is 24.9 Å². The van der Waals surface area contributed by atoms with E-state index in [2.05, 4.69) is 17.4 Å². The van der Waals surface area contributed by atoms with Crippen LogP contribution in [0.1, 0.15) is 18.1 Å². The summed E-state index contributed by atoms with van der Waals surface area (Å²) in [6.07, 6.45) is 3.65. The molecule has 0 fully saturated rings. The predicted molar refractivity (Wildman–Crippen MR) is 96.7 cm³/mol. The molecule has 0 aromatic heterocycles. The second kappa shape index (κ2) is 8.44. The van der Waals surface area contributed by atoms with Crippen molar-refractivity contribution in [1.82, 2.24) is 5.32 Å². The molecule has 0 aliphatic heterocycles. The van der Waals surface area contributed by atoms with Crippen molar-refractivity contribution in [2.24, 2.45) is 0 Å². The first-order valence-electron chi connectivity index (χ1n) is 7.36. The molecule has 0 unspecified atom stereocenters. The van der Waals surface area contributed by atoms with E-state index in [4.69, 9.17) is 4.74 Å². The van der Waals surface area contributed by atoms with Gasteiger partial charge in [0.15, 0.2) is 0 Å². The van der Waals surface area contributed by atoms with Gasteiger partial charge >= 0.3 is 0 Å². The lowest BCUT2D eigenvalue weighted by atomic mass is 10.1. The number of benzene rings is 2. The fraction of sp³-hybridized carbons (Fsp3) is 0.211. The van der Waals surface area contributed by atoms with E-state index < -0.39 is 0 Å². The number of ether oxygens (including phenoxy) is 1. The molecule has 1 amide bonds. The number of thioether (sulfide) groups is 1. The van der Waals surface area contributed by atoms with Crippen molar-refractivity contribution in [2.45, 2.75) is 18.4 Å². The van der Waals surface area contributed by atoms with Crippen LogP contribution < -0.4 is 10.1 Å². The third kappa shape index (κ3) is 4.89. The monoisotopic (exact) mass is 327 g/mol. The van der Waals surface area contributed by atoms with E-state index in [0.717, 1.165) is 22.4 Å². The second-order valence-electron chi connectivity index (χ2n) is 5.09. The summed E-state index contributed by atoms with van der Waals surface area (Å²) in [4.78, 5) is 13.3. The van der Waals surface area contributed by atoms with Crippen LogP contribution >= 0.6 is 11.8 Å². The van der Waals surface area contributed by atoms with Crippen LogP contribution in [-0.4, -0.2) is 19.3 Å². The topological polar surface area (TPSA) is 38.3 Å². The number of carbonyl (C=O) groups is 1. The van der Waals surface area contributed by atoms with E-state index in [9.17, 15) is 4.79 Å². The van der Waals surface area contributed by atoms with Gasteiger partial charge in [-0.15, -0.1) is 11.8 Å². The highest BCUT2D eigenvalue weighted by molar-refractivity contribution is 7.98. The highest BCUT2D eigenvalue weighted by atomic mass is 32.2. The minimum Gasteiger partial charge on any atom is -0.496 e. The van der Waals surface area contributed by atoms with Gasteiger partial charge in [0, 0.05) is 23.1 Å². The lowest BCUT2D eigenvalue weighted by Gasteiger charge is -2.09. The Labute approximate surface area is 141 Å². The Bertz CT molecular complexity index is 693. The van der Waals surface area contributed by atoms with Crippen LogP contribution in [0.5, 0.6) is 5.75 Å². The number of methoxy groups -OCH3 is 1. The number of carbonyl (C=O) groups excluding carboxylic acids is 1. The van der Waals surface area contributed by atoms with E-state index in [-0.39, 0.29) is 5.91 Å². The van der Waals surface area contributed by atoms with Gasteiger partial charge in [0.05, 0.1) is 7.11 Å². The number of nitrogens with one attached hydrogen (secondary N) is 1. The summed E-state index contributed by atoms with van der Waals surface area (Å²) in [7, 11) is 1.63. The Morgan fingerprint density at radius 1 is 1.17 bits per heavy atom. The Kier molecular flexibility index (Phi) is 6.29. The van der Waals surface area contributed by atoms with Gasteiger partial charge in [-0.1, -0.05) is 30.3 Å². The molecular formula is C19H21NO2S. The maximum Gasteiger partial charge on any atom is 0.244 e. The number of rotatable bonds is 6. The van der Waals surface area contributed by atoms with Crippen LogP contribution in [0.4, 0.5) is 0 Å². The molecule has 0 aliphatic rings. The van der Waals surface area contributed by atoms with E-state index in [0.29, 0.717) is 6.54 Å². The zero-order valence-electron chi connectivity index (χ0n) is 13.6. The molecule has 0 saturated heterocycles. The fourth-order valence-corrected chi connectivity index (χ4v) is 2.64. The minimum atomic E-state index is -0.109. The lowest BCUT2D eigenvalue weighted by Crippen LogP contribution is -2.20. The first kappa shape index (κ1) is 17.2. The first-order chi connectivity index (χ1) is 11.1. The maximum atomic E-state index is 12.1. The van der Waals surface area contributed by atoms with Crippen molar-refractivity contribution in [1.29, 1.82) is 0 Å². The van der Waals surface area contributed by atoms with Gasteiger partial charge in [-0.05, 0) is 42.5 Å². The van der Waals surface area contributed by atoms with Gasteiger partial charge in [0.2, 0.25) is 5.91 Å². The summed E-state index contributed by atoms with van der Waals surface area (Å²) in [6, 6.07) is 15.8. The molecule has 0 atom stereocenters. The van der Waals surface area contributed by atoms with Crippen molar-refractivity contribution in [3.63, 3.8) is 0 Å². The van der Waals surface area contributed by atoms with Crippen molar-refractivity contribution < 1.29 is 9.53 Å². The molecule has 0 bridgehead atoms. The Morgan fingerprint density at radius 3 is 2.52 bits per heavy atom. The first-order valence-corrected chi connectivity index (χ1v) is 8.59. The number of hydrogen-bond acceptors (Lipinski definition) is 3. The fourth-order valence-electron chi connectivity index (χ4n) is 2.23. The summed E-state index contributed by atoms with van der Waals surface area (Å²) in [5, 5.41) is 2.91. The molecular weight excluding hydrogens is 306 g/mol. The smallest absolute Gasteiger partial charge is 0.244 e. The second-order valence-corrected chi connectivity index (χ2v) is 5.97. The molecule has 2 aromatic carbocycles. The quantitative estimate of drug-likeness (QED) is 0.640. The number of allylic oxidation sites excluding steroid dienone is 1. The third-order valence-corrected chi connectivity index (χ3v) is 4.25. The van der Waals surface area contributed by atoms with Crippen LogP contribution in [0.3, 0.4) is 0 Å². The molecule has 0 aliphatic carbocycles. The number of amides is 1. The van der Waals surface area contributed by atoms with Gasteiger partial charge in [-0.25, -0.2) is 0 Å². The van der Waals surface area contributed by atoms with Crippen LogP contribution in [-0.2, 0) is 11.3 Å². The zero-order chi connectivity index (χ0) is 16.7. The van der Waals surface area contributed by atoms with Gasteiger partial charge < -0.3 is 10.1 Å². The Morgan fingerprint density at radius 2 is 1.87 bits per heavy atom. The molecule has 2 rings (SSSR count). The molecule has 120 valence electrons. The number of hydrogen-bond donors (Lipinski definition) is 1. The highest BCUT2D eigenvalue weighted by Gasteiger charge is 2.06. The summed E-state index contributed by atoms with van der Waals surface area (Å²) in [5.41, 5.74) is 2.88. The van der Waals surface area contributed by atoms with Crippen molar-refractivity contribution in [3.05, 3.63) is 65.7 Å². The van der Waals surface area contributed by atoms with Crippen LogP contribution in [0, 0.1) is 0 Å². The van der Waals surface area contributed by atoms with Gasteiger partial charge in [0.25, 0.3) is 0 Å². The average Bonchev–Trinajstić information content (AvgIpc) is 2.60. The van der Waals surface area contributed by atoms with E-state index >= 15 is 0 Å². The van der Waals surface area contributed by atoms with Gasteiger partial charge in [-0.3, -0.25) is 4.79 Å². The maximum absolute atomic E-state index is 12.1. The summed E-state index contributed by atoms with van der Waals surface area (Å²) in [6.45, 7) is 2.42. The van der Waals surface area contributed by atoms with Crippen LogP contribution in [0.25, 0.3) is 5.57 Å². The van der Waals surface area contributed by atoms with E-state index in [1.807, 2.05) is 49.6 Å². The van der Waals surface area contributed by atoms with Gasteiger partial charge in [-0.2, -0.15) is 0 Å². The van der Waals surface area contributed by atoms with Gasteiger partial charge in [0.1, 0.15) is 5.75 Å². The number of para-hydroxylation sites is 1. The normalized spacial score (nSPS) is 11.2. The van der Waals surface area contributed by atoms with E-state index in [1.165, 1.54) is 4.90 Å². The molecule has 3 nitrogen and oxygen atoms in total. The van der Waals surface area contributed by atoms with Crippen LogP contribution in [0.2, 0.25) is 0 Å². The summed E-state index contributed by atoms with van der Waals surface area (Å²) >= 11 is 1.70. The van der Waals surface area contributed by atoms with Crippen LogP contribution in [0.15, 0.2) is 59.5 Å². The minimum absolute atomic E-state index is 0.109. The van der Waals surface area contributed by atoms with Crippen molar-refractivity contribution in [3.8, 4) is 5.75 Å². The molecule has 0 radical (unpaired) electrons. The average molecular weight is 327 g/mol. The third-order valence-electron chi connectivity index (χ3n) is 3.51. The Hall–Kier alpha value is -2.20. The van der Waals surface area contributed by atoms with Crippen molar-refractivity contribution in [2.75, 3.05) is 13.4 Å².